The summed E-state index contributed by atoms with van der Waals surface area (Å²) in [6.07, 6.45) is -8.85. The average Bonchev–Trinajstić information content (AvgIpc) is 2.27. The Kier molecular flexibility index (Phi) is 7.04. The standard InChI is InChI=1S/C10H15F5OS/c1-3-8(16)17-5-4-7(12)10(14,15)9(13)6(2)11/h6-7,9H,3-5H2,1-2H3. The summed E-state index contributed by atoms with van der Waals surface area (Å²) < 4.78 is 64.2. The van der Waals surface area contributed by atoms with E-state index in [-0.39, 0.29) is 17.3 Å². The minimum Gasteiger partial charge on any atom is -0.287 e. The number of hydrogen-bond acceptors (Lipinski definition) is 2. The van der Waals surface area contributed by atoms with Gasteiger partial charge in [-0.1, -0.05) is 18.7 Å². The fraction of sp³-hybridized carbons (Fsp3) is 0.900. The molecule has 17 heavy (non-hydrogen) atoms. The van der Waals surface area contributed by atoms with E-state index in [1.54, 1.807) is 6.92 Å². The van der Waals surface area contributed by atoms with Gasteiger partial charge in [-0.05, 0) is 13.3 Å². The minimum absolute atomic E-state index is 0.170. The third kappa shape index (κ3) is 5.23. The van der Waals surface area contributed by atoms with E-state index in [1.165, 1.54) is 0 Å². The molecule has 0 aliphatic heterocycles. The van der Waals surface area contributed by atoms with Gasteiger partial charge in [-0.15, -0.1) is 0 Å². The van der Waals surface area contributed by atoms with Gasteiger partial charge in [-0.2, -0.15) is 0 Å². The van der Waals surface area contributed by atoms with Crippen LogP contribution in [0.2, 0.25) is 0 Å². The molecule has 3 atom stereocenters. The Morgan fingerprint density at radius 3 is 2.24 bits per heavy atom. The predicted molar refractivity (Wildman–Crippen MR) is 57.7 cm³/mol. The van der Waals surface area contributed by atoms with Crippen molar-refractivity contribution in [1.82, 2.24) is 0 Å². The van der Waals surface area contributed by atoms with E-state index < -0.39 is 30.9 Å². The Morgan fingerprint density at radius 2 is 1.82 bits per heavy atom. The molecule has 7 heteroatoms. The van der Waals surface area contributed by atoms with Gasteiger partial charge in [0.15, 0.2) is 17.5 Å². The summed E-state index contributed by atoms with van der Waals surface area (Å²) in [5.41, 5.74) is 0. The first-order valence-corrected chi connectivity index (χ1v) is 6.17. The lowest BCUT2D eigenvalue weighted by atomic mass is 10.0. The van der Waals surface area contributed by atoms with Crippen LogP contribution in [0, 0.1) is 0 Å². The van der Waals surface area contributed by atoms with E-state index in [0.29, 0.717) is 18.7 Å². The van der Waals surface area contributed by atoms with Crippen molar-refractivity contribution >= 4 is 16.9 Å². The highest BCUT2D eigenvalue weighted by Crippen LogP contribution is 2.33. The van der Waals surface area contributed by atoms with Gasteiger partial charge in [0, 0.05) is 12.2 Å². The van der Waals surface area contributed by atoms with Crippen molar-refractivity contribution in [3.63, 3.8) is 0 Å². The van der Waals surface area contributed by atoms with Crippen LogP contribution in [0.3, 0.4) is 0 Å². The fourth-order valence-electron chi connectivity index (χ4n) is 1.05. The highest BCUT2D eigenvalue weighted by molar-refractivity contribution is 8.13. The van der Waals surface area contributed by atoms with Crippen molar-refractivity contribution in [2.75, 3.05) is 5.75 Å². The first-order valence-electron chi connectivity index (χ1n) is 5.19. The SMILES string of the molecule is CCC(=O)SCCC(F)C(F)(F)C(F)C(C)F. The van der Waals surface area contributed by atoms with Crippen LogP contribution in [0.5, 0.6) is 0 Å². The van der Waals surface area contributed by atoms with E-state index in [1.807, 2.05) is 0 Å². The minimum atomic E-state index is -4.36. The van der Waals surface area contributed by atoms with Gasteiger partial charge < -0.3 is 0 Å². The summed E-state index contributed by atoms with van der Waals surface area (Å²) in [6, 6.07) is 0. The lowest BCUT2D eigenvalue weighted by Gasteiger charge is -2.24. The normalized spacial score (nSPS) is 17.6. The molecule has 0 bridgehead atoms. The molecule has 0 fully saturated rings. The summed E-state index contributed by atoms with van der Waals surface area (Å²) >= 11 is 0.713. The number of halogens is 5. The number of carbonyl (C=O) groups is 1. The molecular weight excluding hydrogens is 263 g/mol. The van der Waals surface area contributed by atoms with Crippen LogP contribution in [-0.4, -0.2) is 35.3 Å². The zero-order chi connectivity index (χ0) is 13.6. The van der Waals surface area contributed by atoms with Crippen molar-refractivity contribution in [3.8, 4) is 0 Å². The van der Waals surface area contributed by atoms with Crippen molar-refractivity contribution in [2.45, 2.75) is 51.1 Å². The molecule has 102 valence electrons. The molecule has 3 unspecified atom stereocenters. The Balaban J connectivity index is 4.20. The van der Waals surface area contributed by atoms with Crippen LogP contribution < -0.4 is 0 Å². The number of thioether (sulfide) groups is 1. The zero-order valence-electron chi connectivity index (χ0n) is 9.56. The van der Waals surface area contributed by atoms with Crippen molar-refractivity contribution in [2.24, 2.45) is 0 Å². The molecule has 0 rings (SSSR count). The maximum Gasteiger partial charge on any atom is 0.312 e. The summed E-state index contributed by atoms with van der Waals surface area (Å²) in [5, 5.41) is -0.254. The Morgan fingerprint density at radius 1 is 1.29 bits per heavy atom. The topological polar surface area (TPSA) is 17.1 Å². The van der Waals surface area contributed by atoms with E-state index in [9.17, 15) is 26.7 Å². The molecule has 0 N–H and O–H groups in total. The summed E-state index contributed by atoms with van der Waals surface area (Å²) in [7, 11) is 0. The molecule has 0 aromatic carbocycles. The van der Waals surface area contributed by atoms with Gasteiger partial charge in [-0.25, -0.2) is 22.0 Å². The third-order valence-corrected chi connectivity index (χ3v) is 3.16. The highest BCUT2D eigenvalue weighted by atomic mass is 32.2. The largest absolute Gasteiger partial charge is 0.312 e. The second kappa shape index (κ2) is 7.18. The first kappa shape index (κ1) is 16.7. The van der Waals surface area contributed by atoms with Gasteiger partial charge in [0.05, 0.1) is 0 Å². The molecule has 0 aromatic heterocycles. The van der Waals surface area contributed by atoms with Crippen LogP contribution in [0.15, 0.2) is 0 Å². The molecule has 0 saturated heterocycles. The van der Waals surface area contributed by atoms with Crippen LogP contribution in [-0.2, 0) is 4.79 Å². The van der Waals surface area contributed by atoms with Crippen LogP contribution in [0.25, 0.3) is 0 Å². The quantitative estimate of drug-likeness (QED) is 0.660. The second-order valence-corrected chi connectivity index (χ2v) is 4.74. The highest BCUT2D eigenvalue weighted by Gasteiger charge is 2.50. The van der Waals surface area contributed by atoms with Crippen LogP contribution in [0.4, 0.5) is 22.0 Å². The molecule has 0 aromatic rings. The van der Waals surface area contributed by atoms with Crippen molar-refractivity contribution in [1.29, 1.82) is 0 Å². The van der Waals surface area contributed by atoms with E-state index in [0.717, 1.165) is 0 Å². The number of carbonyl (C=O) groups excluding carboxylic acids is 1. The van der Waals surface area contributed by atoms with Gasteiger partial charge >= 0.3 is 5.92 Å². The molecule has 1 nitrogen and oxygen atoms in total. The fourth-order valence-corrected chi connectivity index (χ4v) is 1.81. The van der Waals surface area contributed by atoms with Gasteiger partial charge in [-0.3, -0.25) is 4.79 Å². The molecular formula is C10H15F5OS. The second-order valence-electron chi connectivity index (χ2n) is 3.58. The maximum atomic E-state index is 13.1. The maximum absolute atomic E-state index is 13.1. The lowest BCUT2D eigenvalue weighted by Crippen LogP contribution is -2.44. The molecule has 0 saturated carbocycles. The molecule has 0 aliphatic rings. The van der Waals surface area contributed by atoms with Gasteiger partial charge in [0.1, 0.15) is 6.17 Å². The van der Waals surface area contributed by atoms with Gasteiger partial charge in [0.2, 0.25) is 0 Å². The molecule has 0 spiro atoms. The lowest BCUT2D eigenvalue weighted by molar-refractivity contribution is -0.144. The van der Waals surface area contributed by atoms with Crippen molar-refractivity contribution in [3.05, 3.63) is 0 Å². The Labute approximate surface area is 101 Å². The summed E-state index contributed by atoms with van der Waals surface area (Å²) in [4.78, 5) is 10.8. The summed E-state index contributed by atoms with van der Waals surface area (Å²) in [5.74, 6) is -4.53. The number of hydrogen-bond donors (Lipinski definition) is 0. The molecule has 0 amide bonds. The van der Waals surface area contributed by atoms with Crippen LogP contribution in [0.1, 0.15) is 26.7 Å². The Bertz CT molecular complexity index is 247. The molecule has 0 aliphatic carbocycles. The summed E-state index contributed by atoms with van der Waals surface area (Å²) in [6.45, 7) is 2.19. The number of rotatable bonds is 7. The number of alkyl halides is 5. The van der Waals surface area contributed by atoms with E-state index in [4.69, 9.17) is 0 Å². The zero-order valence-corrected chi connectivity index (χ0v) is 10.4. The monoisotopic (exact) mass is 278 g/mol. The van der Waals surface area contributed by atoms with Crippen LogP contribution >= 0.6 is 11.8 Å². The van der Waals surface area contributed by atoms with E-state index >= 15 is 0 Å². The van der Waals surface area contributed by atoms with Gasteiger partial charge in [0.25, 0.3) is 0 Å². The molecule has 0 radical (unpaired) electrons. The average molecular weight is 278 g/mol. The third-order valence-electron chi connectivity index (χ3n) is 2.11. The first-order chi connectivity index (χ1) is 7.73. The predicted octanol–water partition coefficient (Wildman–Crippen LogP) is 3.72. The smallest absolute Gasteiger partial charge is 0.287 e. The Hall–Kier alpha value is -0.330. The van der Waals surface area contributed by atoms with Crippen molar-refractivity contribution < 1.29 is 26.7 Å². The van der Waals surface area contributed by atoms with E-state index in [2.05, 4.69) is 0 Å². The molecule has 0 heterocycles.